The van der Waals surface area contributed by atoms with E-state index in [4.69, 9.17) is 4.74 Å². The number of nitrogens with one attached hydrogen (secondary N) is 2. The molecule has 0 radical (unpaired) electrons. The van der Waals surface area contributed by atoms with Crippen LogP contribution in [0.2, 0.25) is 0 Å². The molecule has 0 bridgehead atoms. The average molecular weight is 340 g/mol. The lowest BCUT2D eigenvalue weighted by Crippen LogP contribution is -2.36. The first-order valence-electron chi connectivity index (χ1n) is 8.32. The van der Waals surface area contributed by atoms with Crippen LogP contribution in [0.15, 0.2) is 48.5 Å². The third-order valence-electron chi connectivity index (χ3n) is 3.87. The predicted octanol–water partition coefficient (Wildman–Crippen LogP) is 3.12. The van der Waals surface area contributed by atoms with Gasteiger partial charge in [-0.1, -0.05) is 44.2 Å². The quantitative estimate of drug-likeness (QED) is 0.794. The molecule has 5 nitrogen and oxygen atoms in total. The number of rotatable bonds is 6. The smallest absolute Gasteiger partial charge is 0.313 e. The summed E-state index contributed by atoms with van der Waals surface area (Å²) in [7, 11) is 1.61. The van der Waals surface area contributed by atoms with Crippen molar-refractivity contribution in [2.75, 3.05) is 19.0 Å². The number of anilines is 1. The number of carbonyl (C=O) groups excluding carboxylic acids is 2. The molecule has 25 heavy (non-hydrogen) atoms. The molecular weight excluding hydrogens is 316 g/mol. The zero-order valence-electron chi connectivity index (χ0n) is 14.8. The molecule has 0 aliphatic carbocycles. The fourth-order valence-corrected chi connectivity index (χ4v) is 2.52. The van der Waals surface area contributed by atoms with Gasteiger partial charge in [0.25, 0.3) is 0 Å². The Morgan fingerprint density at radius 3 is 2.52 bits per heavy atom. The van der Waals surface area contributed by atoms with Gasteiger partial charge < -0.3 is 15.4 Å². The fraction of sp³-hybridized carbons (Fsp3) is 0.300. The molecule has 0 aromatic heterocycles. The molecule has 2 amide bonds. The van der Waals surface area contributed by atoms with E-state index in [1.807, 2.05) is 56.3 Å². The van der Waals surface area contributed by atoms with Crippen LogP contribution >= 0.6 is 0 Å². The number of carbonyl (C=O) groups is 2. The van der Waals surface area contributed by atoms with E-state index in [1.54, 1.807) is 13.2 Å². The molecular formula is C20H24N2O3. The van der Waals surface area contributed by atoms with Gasteiger partial charge in [0, 0.05) is 12.2 Å². The third-order valence-corrected chi connectivity index (χ3v) is 3.87. The molecule has 2 rings (SSSR count). The monoisotopic (exact) mass is 340 g/mol. The molecule has 0 heterocycles. The zero-order chi connectivity index (χ0) is 18.2. The van der Waals surface area contributed by atoms with Crippen LogP contribution in [0, 0.1) is 0 Å². The highest BCUT2D eigenvalue weighted by molar-refractivity contribution is 6.39. The second-order valence-corrected chi connectivity index (χ2v) is 6.05. The number of amides is 2. The molecule has 5 heteroatoms. The van der Waals surface area contributed by atoms with Gasteiger partial charge in [0.15, 0.2) is 0 Å². The number of hydrogen-bond acceptors (Lipinski definition) is 3. The summed E-state index contributed by atoms with van der Waals surface area (Å²) in [5, 5.41) is 5.33. The highest BCUT2D eigenvalue weighted by Gasteiger charge is 2.15. The second-order valence-electron chi connectivity index (χ2n) is 6.05. The summed E-state index contributed by atoms with van der Waals surface area (Å²) in [6.45, 7) is 4.46. The van der Waals surface area contributed by atoms with Gasteiger partial charge in [0.05, 0.1) is 7.11 Å². The highest BCUT2D eigenvalue weighted by atomic mass is 16.5. The van der Waals surface area contributed by atoms with E-state index in [1.165, 1.54) is 0 Å². The minimum absolute atomic E-state index is 0.257. The number of methoxy groups -OCH3 is 1. The lowest BCUT2D eigenvalue weighted by Gasteiger charge is -2.13. The van der Waals surface area contributed by atoms with E-state index in [2.05, 4.69) is 10.6 Å². The fourth-order valence-electron chi connectivity index (χ4n) is 2.52. The van der Waals surface area contributed by atoms with E-state index < -0.39 is 11.8 Å². The molecule has 0 atom stereocenters. The summed E-state index contributed by atoms with van der Waals surface area (Å²) >= 11 is 0. The zero-order valence-corrected chi connectivity index (χ0v) is 14.8. The minimum atomic E-state index is -0.654. The molecule has 0 saturated carbocycles. The second kappa shape index (κ2) is 8.87. The number of hydrogen-bond donors (Lipinski definition) is 2. The number of benzene rings is 2. The third kappa shape index (κ3) is 5.35. The number of ether oxygens (including phenoxy) is 1. The van der Waals surface area contributed by atoms with Gasteiger partial charge in [0.2, 0.25) is 0 Å². The molecule has 2 aromatic carbocycles. The van der Waals surface area contributed by atoms with Gasteiger partial charge in [-0.25, -0.2) is 0 Å². The standard InChI is InChI=1S/C20H24N2O3/c1-14(2)17-9-4-5-10-18(17)22-20(24)19(23)21-12-11-15-7-6-8-16(13-15)25-3/h4-10,13-14H,11-12H2,1-3H3,(H,21,23)(H,22,24). The lowest BCUT2D eigenvalue weighted by molar-refractivity contribution is -0.136. The molecule has 0 fully saturated rings. The van der Waals surface area contributed by atoms with Crippen LogP contribution in [0.1, 0.15) is 30.9 Å². The summed E-state index contributed by atoms with van der Waals surface area (Å²) in [5.74, 6) is -0.264. The van der Waals surface area contributed by atoms with Crippen molar-refractivity contribution in [3.05, 3.63) is 59.7 Å². The van der Waals surface area contributed by atoms with Crippen molar-refractivity contribution in [2.24, 2.45) is 0 Å². The Hall–Kier alpha value is -2.82. The van der Waals surface area contributed by atoms with Crippen molar-refractivity contribution in [3.8, 4) is 5.75 Å². The molecule has 2 N–H and O–H groups in total. The Kier molecular flexibility index (Phi) is 6.57. The SMILES string of the molecule is COc1cccc(CCNC(=O)C(=O)Nc2ccccc2C(C)C)c1. The van der Waals surface area contributed by atoms with Crippen molar-refractivity contribution in [1.82, 2.24) is 5.32 Å². The molecule has 0 aliphatic rings. The topological polar surface area (TPSA) is 67.4 Å². The Labute approximate surface area is 148 Å². The normalized spacial score (nSPS) is 10.4. The first-order valence-corrected chi connectivity index (χ1v) is 8.32. The van der Waals surface area contributed by atoms with Gasteiger partial charge in [-0.05, 0) is 41.7 Å². The van der Waals surface area contributed by atoms with Crippen LogP contribution in [0.4, 0.5) is 5.69 Å². The maximum atomic E-state index is 12.1. The Morgan fingerprint density at radius 1 is 1.04 bits per heavy atom. The summed E-state index contributed by atoms with van der Waals surface area (Å²) in [5.41, 5.74) is 2.70. The highest BCUT2D eigenvalue weighted by Crippen LogP contribution is 2.23. The maximum absolute atomic E-state index is 12.1. The van der Waals surface area contributed by atoms with E-state index in [0.717, 1.165) is 16.9 Å². The van der Waals surface area contributed by atoms with Crippen molar-refractivity contribution in [1.29, 1.82) is 0 Å². The lowest BCUT2D eigenvalue weighted by atomic mass is 10.0. The van der Waals surface area contributed by atoms with Crippen molar-refractivity contribution in [2.45, 2.75) is 26.2 Å². The van der Waals surface area contributed by atoms with Crippen molar-refractivity contribution in [3.63, 3.8) is 0 Å². The van der Waals surface area contributed by atoms with Gasteiger partial charge in [-0.3, -0.25) is 9.59 Å². The van der Waals surface area contributed by atoms with Gasteiger partial charge in [-0.15, -0.1) is 0 Å². The van der Waals surface area contributed by atoms with Crippen LogP contribution in [0.25, 0.3) is 0 Å². The predicted molar refractivity (Wildman–Crippen MR) is 98.9 cm³/mol. The van der Waals surface area contributed by atoms with Crippen LogP contribution < -0.4 is 15.4 Å². The first kappa shape index (κ1) is 18.5. The first-order chi connectivity index (χ1) is 12.0. The maximum Gasteiger partial charge on any atom is 0.313 e. The van der Waals surface area contributed by atoms with E-state index in [0.29, 0.717) is 18.7 Å². The largest absolute Gasteiger partial charge is 0.497 e. The van der Waals surface area contributed by atoms with Crippen LogP contribution in [0.3, 0.4) is 0 Å². The average Bonchev–Trinajstić information content (AvgIpc) is 2.62. The molecule has 132 valence electrons. The molecule has 2 aromatic rings. The van der Waals surface area contributed by atoms with Crippen molar-refractivity contribution >= 4 is 17.5 Å². The molecule has 0 aliphatic heterocycles. The minimum Gasteiger partial charge on any atom is -0.497 e. The summed E-state index contributed by atoms with van der Waals surface area (Å²) in [4.78, 5) is 24.1. The van der Waals surface area contributed by atoms with Gasteiger partial charge in [0.1, 0.15) is 5.75 Å². The summed E-state index contributed by atoms with van der Waals surface area (Å²) in [6, 6.07) is 15.1. The van der Waals surface area contributed by atoms with Gasteiger partial charge in [-0.2, -0.15) is 0 Å². The van der Waals surface area contributed by atoms with Crippen LogP contribution in [-0.2, 0) is 16.0 Å². The summed E-state index contributed by atoms with van der Waals surface area (Å²) < 4.78 is 5.17. The Balaban J connectivity index is 1.87. The Morgan fingerprint density at radius 2 is 1.80 bits per heavy atom. The Bertz CT molecular complexity index is 741. The van der Waals surface area contributed by atoms with Crippen LogP contribution in [0.5, 0.6) is 5.75 Å². The number of para-hydroxylation sites is 1. The van der Waals surface area contributed by atoms with Gasteiger partial charge >= 0.3 is 11.8 Å². The van der Waals surface area contributed by atoms with E-state index >= 15 is 0 Å². The summed E-state index contributed by atoms with van der Waals surface area (Å²) in [6.07, 6.45) is 0.624. The van der Waals surface area contributed by atoms with E-state index in [-0.39, 0.29) is 5.92 Å². The van der Waals surface area contributed by atoms with Crippen molar-refractivity contribution < 1.29 is 14.3 Å². The molecule has 0 spiro atoms. The molecule has 0 saturated heterocycles. The van der Waals surface area contributed by atoms with Crippen LogP contribution in [-0.4, -0.2) is 25.5 Å². The van der Waals surface area contributed by atoms with E-state index in [9.17, 15) is 9.59 Å². The molecule has 0 unspecified atom stereocenters.